The molecule has 0 saturated heterocycles. The fraction of sp³-hybridized carbons (Fsp3) is 1.00. The Labute approximate surface area is 122 Å². The molecule has 0 aliphatic carbocycles. The lowest BCUT2D eigenvalue weighted by Gasteiger charge is -2.28. The summed E-state index contributed by atoms with van der Waals surface area (Å²) < 4.78 is 0. The molecule has 0 saturated carbocycles. The molecule has 0 aliphatic heterocycles. The van der Waals surface area contributed by atoms with E-state index in [1.54, 1.807) is 0 Å². The fourth-order valence-corrected chi connectivity index (χ4v) is 3.23. The van der Waals surface area contributed by atoms with Gasteiger partial charge in [-0.3, -0.25) is 0 Å². The number of nitrogens with two attached hydrogens (primary N) is 1. The van der Waals surface area contributed by atoms with E-state index >= 15 is 0 Å². The van der Waals surface area contributed by atoms with E-state index in [2.05, 4.69) is 48.5 Å². The van der Waals surface area contributed by atoms with Gasteiger partial charge in [-0.05, 0) is 56.3 Å². The third-order valence-corrected chi connectivity index (χ3v) is 4.47. The van der Waals surface area contributed by atoms with Gasteiger partial charge in [0.1, 0.15) is 0 Å². The molecular weight excluding hydrogens is 230 g/mol. The third-order valence-electron chi connectivity index (χ3n) is 4.47. The summed E-state index contributed by atoms with van der Waals surface area (Å²) in [6.07, 6.45) is 7.72. The first-order valence-corrected chi connectivity index (χ1v) is 8.45. The predicted octanol–water partition coefficient (Wildman–Crippen LogP) is 5.63. The zero-order valence-electron chi connectivity index (χ0n) is 14.6. The summed E-state index contributed by atoms with van der Waals surface area (Å²) in [7, 11) is 0. The molecule has 19 heavy (non-hydrogen) atoms. The van der Waals surface area contributed by atoms with Gasteiger partial charge in [-0.1, -0.05) is 54.4 Å². The minimum atomic E-state index is 0.0302. The predicted molar refractivity (Wildman–Crippen MR) is 88.3 cm³/mol. The number of hydrogen-bond acceptors (Lipinski definition) is 1. The Balaban J connectivity index is 3.93. The maximum absolute atomic E-state index is 6.27. The lowest BCUT2D eigenvalue weighted by Crippen LogP contribution is -2.37. The molecule has 1 heteroatoms. The highest BCUT2D eigenvalue weighted by Gasteiger charge is 2.21. The van der Waals surface area contributed by atoms with Crippen LogP contribution < -0.4 is 5.73 Å². The van der Waals surface area contributed by atoms with Gasteiger partial charge >= 0.3 is 0 Å². The van der Waals surface area contributed by atoms with Crippen LogP contribution in [0.25, 0.3) is 0 Å². The molecule has 116 valence electrons. The summed E-state index contributed by atoms with van der Waals surface area (Å²) in [5.74, 6) is 3.31. The van der Waals surface area contributed by atoms with Crippen LogP contribution in [0.2, 0.25) is 0 Å². The monoisotopic (exact) mass is 269 g/mol. The molecule has 0 aromatic carbocycles. The van der Waals surface area contributed by atoms with E-state index < -0.39 is 0 Å². The standard InChI is InChI=1S/C18H39N/c1-8-18(7,19)13-17(6)12-16(5)11-15(4)10-9-14(2)3/h14-17H,8-13,19H2,1-7H3. The molecule has 2 N–H and O–H groups in total. The number of rotatable bonds is 10. The lowest BCUT2D eigenvalue weighted by atomic mass is 9.81. The van der Waals surface area contributed by atoms with Crippen molar-refractivity contribution in [2.75, 3.05) is 0 Å². The molecule has 0 aromatic rings. The Kier molecular flexibility index (Phi) is 8.98. The Morgan fingerprint density at radius 1 is 0.842 bits per heavy atom. The van der Waals surface area contributed by atoms with Gasteiger partial charge in [0.2, 0.25) is 0 Å². The van der Waals surface area contributed by atoms with Gasteiger partial charge in [0.25, 0.3) is 0 Å². The van der Waals surface area contributed by atoms with Crippen LogP contribution in [-0.2, 0) is 0 Å². The highest BCUT2D eigenvalue weighted by Crippen LogP contribution is 2.27. The van der Waals surface area contributed by atoms with Gasteiger partial charge in [0.15, 0.2) is 0 Å². The highest BCUT2D eigenvalue weighted by molar-refractivity contribution is 4.79. The molecule has 4 unspecified atom stereocenters. The van der Waals surface area contributed by atoms with Crippen molar-refractivity contribution in [2.45, 2.75) is 92.5 Å². The van der Waals surface area contributed by atoms with E-state index in [4.69, 9.17) is 5.73 Å². The second kappa shape index (κ2) is 9.00. The molecule has 0 fully saturated rings. The van der Waals surface area contributed by atoms with Gasteiger partial charge < -0.3 is 5.73 Å². The minimum absolute atomic E-state index is 0.0302. The molecule has 0 radical (unpaired) electrons. The summed E-state index contributed by atoms with van der Waals surface area (Å²) in [6, 6.07) is 0. The van der Waals surface area contributed by atoms with Crippen molar-refractivity contribution >= 4 is 0 Å². The van der Waals surface area contributed by atoms with E-state index in [1.807, 2.05) is 0 Å². The molecule has 0 aliphatic rings. The number of hydrogen-bond donors (Lipinski definition) is 1. The van der Waals surface area contributed by atoms with Crippen LogP contribution in [0, 0.1) is 23.7 Å². The summed E-state index contributed by atoms with van der Waals surface area (Å²) in [4.78, 5) is 0. The fourth-order valence-electron chi connectivity index (χ4n) is 3.23. The van der Waals surface area contributed by atoms with Crippen LogP contribution in [0.5, 0.6) is 0 Å². The van der Waals surface area contributed by atoms with Crippen LogP contribution >= 0.6 is 0 Å². The highest BCUT2D eigenvalue weighted by atomic mass is 14.7. The maximum Gasteiger partial charge on any atom is 0.0125 e. The van der Waals surface area contributed by atoms with E-state index in [9.17, 15) is 0 Å². The summed E-state index contributed by atoms with van der Waals surface area (Å²) in [5.41, 5.74) is 6.31. The van der Waals surface area contributed by atoms with E-state index in [-0.39, 0.29) is 5.54 Å². The minimum Gasteiger partial charge on any atom is -0.325 e. The topological polar surface area (TPSA) is 26.0 Å². The Morgan fingerprint density at radius 3 is 1.84 bits per heavy atom. The second-order valence-electron chi connectivity index (χ2n) is 7.97. The van der Waals surface area contributed by atoms with Crippen molar-refractivity contribution in [1.29, 1.82) is 0 Å². The first kappa shape index (κ1) is 19.0. The second-order valence-corrected chi connectivity index (χ2v) is 7.97. The summed E-state index contributed by atoms with van der Waals surface area (Å²) >= 11 is 0. The molecule has 0 bridgehead atoms. The smallest absolute Gasteiger partial charge is 0.0125 e. The summed E-state index contributed by atoms with van der Waals surface area (Å²) in [5, 5.41) is 0. The van der Waals surface area contributed by atoms with Crippen LogP contribution in [-0.4, -0.2) is 5.54 Å². The Morgan fingerprint density at radius 2 is 1.37 bits per heavy atom. The van der Waals surface area contributed by atoms with Gasteiger partial charge in [-0.2, -0.15) is 0 Å². The van der Waals surface area contributed by atoms with Crippen molar-refractivity contribution < 1.29 is 0 Å². The molecule has 0 aromatic heterocycles. The average Bonchev–Trinajstić information content (AvgIpc) is 2.25. The Hall–Kier alpha value is -0.0400. The van der Waals surface area contributed by atoms with Crippen molar-refractivity contribution in [3.8, 4) is 0 Å². The van der Waals surface area contributed by atoms with Crippen LogP contribution in [0.1, 0.15) is 87.0 Å². The van der Waals surface area contributed by atoms with Crippen molar-refractivity contribution in [3.63, 3.8) is 0 Å². The van der Waals surface area contributed by atoms with Crippen LogP contribution in [0.15, 0.2) is 0 Å². The first-order valence-electron chi connectivity index (χ1n) is 8.45. The van der Waals surface area contributed by atoms with Crippen LogP contribution in [0.3, 0.4) is 0 Å². The molecule has 4 atom stereocenters. The van der Waals surface area contributed by atoms with Gasteiger partial charge in [-0.25, -0.2) is 0 Å². The van der Waals surface area contributed by atoms with Crippen molar-refractivity contribution in [3.05, 3.63) is 0 Å². The first-order chi connectivity index (χ1) is 8.66. The SMILES string of the molecule is CCC(C)(N)CC(C)CC(C)CC(C)CCC(C)C. The molecule has 0 rings (SSSR count). The normalized spacial score (nSPS) is 20.1. The average molecular weight is 270 g/mol. The summed E-state index contributed by atoms with van der Waals surface area (Å²) in [6.45, 7) is 16.3. The lowest BCUT2D eigenvalue weighted by molar-refractivity contribution is 0.274. The van der Waals surface area contributed by atoms with Crippen molar-refractivity contribution in [1.82, 2.24) is 0 Å². The maximum atomic E-state index is 6.27. The van der Waals surface area contributed by atoms with Crippen molar-refractivity contribution in [2.24, 2.45) is 29.4 Å². The zero-order valence-corrected chi connectivity index (χ0v) is 14.6. The third kappa shape index (κ3) is 10.4. The van der Waals surface area contributed by atoms with E-state index in [0.717, 1.165) is 36.5 Å². The van der Waals surface area contributed by atoms with Crippen LogP contribution in [0.4, 0.5) is 0 Å². The molecule has 0 heterocycles. The Bertz CT molecular complexity index is 220. The largest absolute Gasteiger partial charge is 0.325 e. The molecule has 0 spiro atoms. The molecule has 0 amide bonds. The van der Waals surface area contributed by atoms with Gasteiger partial charge in [-0.15, -0.1) is 0 Å². The quantitative estimate of drug-likeness (QED) is 0.546. The van der Waals surface area contributed by atoms with E-state index in [1.165, 1.54) is 25.7 Å². The van der Waals surface area contributed by atoms with E-state index in [0.29, 0.717) is 0 Å². The molecular formula is C18H39N. The van der Waals surface area contributed by atoms with Gasteiger partial charge in [0, 0.05) is 5.54 Å². The molecule has 1 nitrogen and oxygen atoms in total. The van der Waals surface area contributed by atoms with Gasteiger partial charge in [0.05, 0.1) is 0 Å². The zero-order chi connectivity index (χ0) is 15.1.